The first kappa shape index (κ1) is 28.5. The molecule has 1 saturated heterocycles. The molecule has 1 heterocycles. The number of carbonyl (C=O) groups excluding carboxylic acids is 2. The van der Waals surface area contributed by atoms with Crippen molar-refractivity contribution >= 4 is 35.0 Å². The zero-order valence-corrected chi connectivity index (χ0v) is 23.6. The van der Waals surface area contributed by atoms with E-state index in [1.54, 1.807) is 18.2 Å². The van der Waals surface area contributed by atoms with E-state index in [1.807, 2.05) is 55.6 Å². The van der Waals surface area contributed by atoms with E-state index < -0.39 is 6.04 Å². The fraction of sp³-hybridized carbons (Fsp3) is 0.333. The number of nitrogen functional groups attached to an aromatic ring is 1. The van der Waals surface area contributed by atoms with Crippen molar-refractivity contribution in [3.63, 3.8) is 0 Å². The minimum atomic E-state index is -0.471. The molecular formula is C33H39N5O3. The number of amides is 2. The number of likely N-dealkylation sites (N-methyl/N-ethyl adjacent to an activating group) is 1. The van der Waals surface area contributed by atoms with Gasteiger partial charge >= 0.3 is 0 Å². The van der Waals surface area contributed by atoms with Crippen LogP contribution in [-0.4, -0.2) is 68.1 Å². The number of anilines is 3. The molecule has 1 unspecified atom stereocenters. The van der Waals surface area contributed by atoms with E-state index in [4.69, 9.17) is 10.5 Å². The van der Waals surface area contributed by atoms with Crippen LogP contribution in [0.5, 0.6) is 0 Å². The van der Waals surface area contributed by atoms with Crippen LogP contribution < -0.4 is 16.4 Å². The lowest BCUT2D eigenvalue weighted by atomic mass is 10.0. The highest BCUT2D eigenvalue weighted by atomic mass is 16.5. The smallest absolute Gasteiger partial charge is 0.248 e. The number of nitrogens with two attached hydrogens (primary N) is 1. The zero-order chi connectivity index (χ0) is 28.6. The number of ether oxygens (including phenoxy) is 1. The molecule has 3 aromatic carbocycles. The molecule has 5 rings (SSSR count). The SMILES string of the molecule is CN(CCN1CCOCC1)C(C(=O)Nc1ccc(C2CC2)cc1)c1ccc(C=CC(=O)Nc2ccccc2N)cc1. The van der Waals surface area contributed by atoms with Gasteiger partial charge in [-0.2, -0.15) is 0 Å². The topological polar surface area (TPSA) is 99.9 Å². The van der Waals surface area contributed by atoms with Crippen molar-refractivity contribution in [1.82, 2.24) is 9.80 Å². The van der Waals surface area contributed by atoms with Crippen LogP contribution in [0.25, 0.3) is 6.08 Å². The van der Waals surface area contributed by atoms with Gasteiger partial charge in [0, 0.05) is 37.9 Å². The molecule has 41 heavy (non-hydrogen) atoms. The Morgan fingerprint density at radius 1 is 1.00 bits per heavy atom. The summed E-state index contributed by atoms with van der Waals surface area (Å²) in [6.45, 7) is 4.91. The fourth-order valence-corrected chi connectivity index (χ4v) is 5.07. The van der Waals surface area contributed by atoms with Crippen molar-refractivity contribution in [2.75, 3.05) is 62.8 Å². The number of hydrogen-bond acceptors (Lipinski definition) is 6. The molecule has 0 radical (unpaired) electrons. The first-order valence-corrected chi connectivity index (χ1v) is 14.3. The Hall–Kier alpha value is -3.98. The summed E-state index contributed by atoms with van der Waals surface area (Å²) in [4.78, 5) is 30.6. The molecule has 8 heteroatoms. The van der Waals surface area contributed by atoms with E-state index in [1.165, 1.54) is 24.5 Å². The number of para-hydroxylation sites is 2. The van der Waals surface area contributed by atoms with Gasteiger partial charge in [0.15, 0.2) is 0 Å². The monoisotopic (exact) mass is 553 g/mol. The predicted molar refractivity (Wildman–Crippen MR) is 165 cm³/mol. The second-order valence-corrected chi connectivity index (χ2v) is 10.8. The van der Waals surface area contributed by atoms with Crippen molar-refractivity contribution < 1.29 is 14.3 Å². The molecule has 4 N–H and O–H groups in total. The standard InChI is InChI=1S/C33H39N5O3/c1-37(18-19-38-20-22-41-23-21-38)32(33(40)35-28-15-13-26(14-16-28)25-11-12-25)27-9-6-24(7-10-27)8-17-31(39)36-30-5-3-2-4-29(30)34/h2-10,13-17,25,32H,11-12,18-23,34H2,1H3,(H,35,40)(H,36,39). The summed E-state index contributed by atoms with van der Waals surface area (Å²) in [5.41, 5.74) is 10.9. The van der Waals surface area contributed by atoms with E-state index in [0.29, 0.717) is 17.3 Å². The van der Waals surface area contributed by atoms with Crippen LogP contribution in [0.4, 0.5) is 17.1 Å². The first-order valence-electron chi connectivity index (χ1n) is 14.3. The van der Waals surface area contributed by atoms with Gasteiger partial charge in [0.25, 0.3) is 0 Å². The van der Waals surface area contributed by atoms with Gasteiger partial charge in [-0.3, -0.25) is 19.4 Å². The number of rotatable bonds is 11. The number of nitrogens with one attached hydrogen (secondary N) is 2. The lowest BCUT2D eigenvalue weighted by Crippen LogP contribution is -2.43. The quantitative estimate of drug-likeness (QED) is 0.234. The summed E-state index contributed by atoms with van der Waals surface area (Å²) in [5, 5.41) is 5.93. The molecule has 3 aromatic rings. The van der Waals surface area contributed by atoms with Crippen LogP contribution in [0, 0.1) is 0 Å². The van der Waals surface area contributed by atoms with Crippen LogP contribution >= 0.6 is 0 Å². The number of hydrogen-bond donors (Lipinski definition) is 3. The minimum absolute atomic E-state index is 0.0724. The van der Waals surface area contributed by atoms with Gasteiger partial charge in [-0.25, -0.2) is 0 Å². The van der Waals surface area contributed by atoms with Gasteiger partial charge in [0.2, 0.25) is 11.8 Å². The van der Waals surface area contributed by atoms with Gasteiger partial charge in [-0.05, 0) is 72.8 Å². The Labute approximate surface area is 242 Å². The lowest BCUT2D eigenvalue weighted by molar-refractivity contribution is -0.121. The van der Waals surface area contributed by atoms with Crippen molar-refractivity contribution in [1.29, 1.82) is 0 Å². The van der Waals surface area contributed by atoms with Crippen molar-refractivity contribution in [2.45, 2.75) is 24.8 Å². The van der Waals surface area contributed by atoms with Crippen LogP contribution in [0.3, 0.4) is 0 Å². The number of nitrogens with zero attached hydrogens (tertiary/aromatic N) is 2. The van der Waals surface area contributed by atoms with Gasteiger partial charge in [-0.15, -0.1) is 0 Å². The number of carbonyl (C=O) groups is 2. The minimum Gasteiger partial charge on any atom is -0.397 e. The highest BCUT2D eigenvalue weighted by Gasteiger charge is 2.27. The summed E-state index contributed by atoms with van der Waals surface area (Å²) in [5.74, 6) is 0.338. The molecule has 1 aliphatic heterocycles. The molecule has 2 aliphatic rings. The van der Waals surface area contributed by atoms with Crippen LogP contribution in [0.1, 0.15) is 41.5 Å². The summed E-state index contributed by atoms with van der Waals surface area (Å²) in [7, 11) is 1.99. The maximum Gasteiger partial charge on any atom is 0.248 e. The third kappa shape index (κ3) is 8.04. The van der Waals surface area contributed by atoms with E-state index in [0.717, 1.165) is 56.2 Å². The largest absolute Gasteiger partial charge is 0.397 e. The number of morpholine rings is 1. The Morgan fingerprint density at radius 3 is 2.39 bits per heavy atom. The van der Waals surface area contributed by atoms with Crippen LogP contribution in [0.2, 0.25) is 0 Å². The van der Waals surface area contributed by atoms with Gasteiger partial charge in [0.1, 0.15) is 6.04 Å². The van der Waals surface area contributed by atoms with Crippen molar-refractivity contribution in [2.24, 2.45) is 0 Å². The fourth-order valence-electron chi connectivity index (χ4n) is 5.07. The summed E-state index contributed by atoms with van der Waals surface area (Å²) >= 11 is 0. The molecule has 0 spiro atoms. The van der Waals surface area contributed by atoms with Gasteiger partial charge in [0.05, 0.1) is 24.6 Å². The summed E-state index contributed by atoms with van der Waals surface area (Å²) in [6.07, 6.45) is 5.72. The predicted octanol–water partition coefficient (Wildman–Crippen LogP) is 4.74. The maximum atomic E-state index is 13.7. The molecule has 8 nitrogen and oxygen atoms in total. The highest BCUT2D eigenvalue weighted by molar-refractivity contribution is 6.03. The molecule has 1 atom stereocenters. The summed E-state index contributed by atoms with van der Waals surface area (Å²) in [6, 6.07) is 22.7. The molecule has 214 valence electrons. The Bertz CT molecular complexity index is 1350. The van der Waals surface area contributed by atoms with E-state index in [9.17, 15) is 9.59 Å². The molecular weight excluding hydrogens is 514 g/mol. The maximum absolute atomic E-state index is 13.7. The second kappa shape index (κ2) is 13.6. The van der Waals surface area contributed by atoms with E-state index in [-0.39, 0.29) is 11.8 Å². The Kier molecular flexibility index (Phi) is 9.46. The third-order valence-corrected chi connectivity index (χ3v) is 7.69. The molecule has 1 aliphatic carbocycles. The van der Waals surface area contributed by atoms with Crippen LogP contribution in [0.15, 0.2) is 78.9 Å². The zero-order valence-electron chi connectivity index (χ0n) is 23.6. The molecule has 2 fully saturated rings. The first-order chi connectivity index (χ1) is 20.0. The second-order valence-electron chi connectivity index (χ2n) is 10.8. The Balaban J connectivity index is 1.27. The average molecular weight is 554 g/mol. The molecule has 0 bridgehead atoms. The number of benzene rings is 3. The van der Waals surface area contributed by atoms with Gasteiger partial charge in [-0.1, -0.05) is 48.5 Å². The average Bonchev–Trinajstić information content (AvgIpc) is 3.84. The highest BCUT2D eigenvalue weighted by Crippen LogP contribution is 2.40. The van der Waals surface area contributed by atoms with Crippen LogP contribution in [-0.2, 0) is 14.3 Å². The molecule has 0 aromatic heterocycles. The van der Waals surface area contributed by atoms with Crippen molar-refractivity contribution in [3.05, 3.63) is 95.6 Å². The van der Waals surface area contributed by atoms with Gasteiger partial charge < -0.3 is 21.1 Å². The van der Waals surface area contributed by atoms with E-state index in [2.05, 4.69) is 32.6 Å². The third-order valence-electron chi connectivity index (χ3n) is 7.69. The molecule has 2 amide bonds. The summed E-state index contributed by atoms with van der Waals surface area (Å²) < 4.78 is 5.48. The molecule has 1 saturated carbocycles. The van der Waals surface area contributed by atoms with Crippen molar-refractivity contribution in [3.8, 4) is 0 Å². The normalized spacial score (nSPS) is 16.5. The Morgan fingerprint density at radius 2 is 1.71 bits per heavy atom. The lowest BCUT2D eigenvalue weighted by Gasteiger charge is -2.32. The van der Waals surface area contributed by atoms with E-state index >= 15 is 0 Å².